The van der Waals surface area contributed by atoms with Crippen molar-refractivity contribution in [2.45, 2.75) is 13.8 Å². The number of aryl methyl sites for hydroxylation is 3. The molecule has 2 aromatic heterocycles. The molecule has 122 valence electrons. The molecule has 0 spiro atoms. The Morgan fingerprint density at radius 1 is 1.12 bits per heavy atom. The van der Waals surface area contributed by atoms with E-state index in [0.717, 1.165) is 0 Å². The van der Waals surface area contributed by atoms with Gasteiger partial charge < -0.3 is 10.1 Å². The third-order valence-corrected chi connectivity index (χ3v) is 3.28. The second kappa shape index (κ2) is 6.45. The van der Waals surface area contributed by atoms with Gasteiger partial charge in [0.05, 0.1) is 23.3 Å². The van der Waals surface area contributed by atoms with Crippen LogP contribution in [0, 0.1) is 13.8 Å². The minimum atomic E-state index is -0.366. The molecule has 1 aromatic carbocycles. The molecule has 0 saturated carbocycles. The zero-order chi connectivity index (χ0) is 17.1. The van der Waals surface area contributed by atoms with Crippen LogP contribution in [0.1, 0.15) is 21.9 Å². The molecule has 0 unspecified atom stereocenters. The van der Waals surface area contributed by atoms with Crippen molar-refractivity contribution in [2.75, 3.05) is 5.32 Å². The molecule has 3 aromatic rings. The molecule has 0 atom stereocenters. The Bertz CT molecular complexity index is 852. The Balaban J connectivity index is 1.81. The number of benzene rings is 1. The van der Waals surface area contributed by atoms with E-state index in [1.165, 1.54) is 10.9 Å². The molecule has 2 heterocycles. The number of nitrogens with one attached hydrogen (secondary N) is 1. The SMILES string of the molecule is Cc1nc(Oc2ccccc2)nc(C)c1NC(=O)c1cn(C)nn1. The minimum Gasteiger partial charge on any atom is -0.424 e. The average Bonchev–Trinajstić information content (AvgIpc) is 2.98. The average molecular weight is 324 g/mol. The van der Waals surface area contributed by atoms with E-state index in [0.29, 0.717) is 22.8 Å². The first kappa shape index (κ1) is 15.6. The van der Waals surface area contributed by atoms with E-state index >= 15 is 0 Å². The Hall–Kier alpha value is -3.29. The summed E-state index contributed by atoms with van der Waals surface area (Å²) >= 11 is 0. The van der Waals surface area contributed by atoms with Gasteiger partial charge in [0.25, 0.3) is 5.91 Å². The molecule has 3 rings (SSSR count). The molecule has 0 bridgehead atoms. The predicted molar refractivity (Wildman–Crippen MR) is 87.0 cm³/mol. The zero-order valence-corrected chi connectivity index (χ0v) is 13.5. The first-order valence-corrected chi connectivity index (χ1v) is 7.29. The lowest BCUT2D eigenvalue weighted by molar-refractivity contribution is 0.102. The summed E-state index contributed by atoms with van der Waals surface area (Å²) in [7, 11) is 1.69. The number of anilines is 1. The highest BCUT2D eigenvalue weighted by atomic mass is 16.5. The van der Waals surface area contributed by atoms with Crippen LogP contribution in [0.5, 0.6) is 11.8 Å². The summed E-state index contributed by atoms with van der Waals surface area (Å²) in [6, 6.07) is 9.49. The number of carbonyl (C=O) groups is 1. The number of hydrogen-bond acceptors (Lipinski definition) is 6. The second-order valence-electron chi connectivity index (χ2n) is 5.20. The van der Waals surface area contributed by atoms with Gasteiger partial charge in [0.2, 0.25) is 0 Å². The molecule has 24 heavy (non-hydrogen) atoms. The van der Waals surface area contributed by atoms with Gasteiger partial charge in [-0.15, -0.1) is 5.10 Å². The van der Waals surface area contributed by atoms with Crippen LogP contribution >= 0.6 is 0 Å². The lowest BCUT2D eigenvalue weighted by atomic mass is 10.2. The first-order valence-electron chi connectivity index (χ1n) is 7.29. The van der Waals surface area contributed by atoms with Crippen molar-refractivity contribution < 1.29 is 9.53 Å². The number of hydrogen-bond donors (Lipinski definition) is 1. The van der Waals surface area contributed by atoms with Crippen LogP contribution in [0.4, 0.5) is 5.69 Å². The van der Waals surface area contributed by atoms with E-state index < -0.39 is 0 Å². The van der Waals surface area contributed by atoms with E-state index in [2.05, 4.69) is 25.6 Å². The van der Waals surface area contributed by atoms with E-state index in [9.17, 15) is 4.79 Å². The van der Waals surface area contributed by atoms with Crippen molar-refractivity contribution in [1.29, 1.82) is 0 Å². The van der Waals surface area contributed by atoms with Crippen LogP contribution in [0.15, 0.2) is 36.5 Å². The fourth-order valence-corrected chi connectivity index (χ4v) is 2.13. The Kier molecular flexibility index (Phi) is 4.19. The topological polar surface area (TPSA) is 94.8 Å². The molecule has 0 aliphatic rings. The maximum absolute atomic E-state index is 12.2. The van der Waals surface area contributed by atoms with Crippen molar-refractivity contribution in [3.05, 3.63) is 53.6 Å². The van der Waals surface area contributed by atoms with Gasteiger partial charge in [-0.25, -0.2) is 0 Å². The van der Waals surface area contributed by atoms with Crippen molar-refractivity contribution in [3.63, 3.8) is 0 Å². The molecule has 0 radical (unpaired) electrons. The Morgan fingerprint density at radius 3 is 2.38 bits per heavy atom. The van der Waals surface area contributed by atoms with Crippen molar-refractivity contribution in [1.82, 2.24) is 25.0 Å². The second-order valence-corrected chi connectivity index (χ2v) is 5.20. The number of rotatable bonds is 4. The van der Waals surface area contributed by atoms with Crippen molar-refractivity contribution in [3.8, 4) is 11.8 Å². The van der Waals surface area contributed by atoms with Crippen molar-refractivity contribution in [2.24, 2.45) is 7.05 Å². The van der Waals surface area contributed by atoms with Gasteiger partial charge in [-0.3, -0.25) is 9.48 Å². The van der Waals surface area contributed by atoms with Gasteiger partial charge in [-0.1, -0.05) is 23.4 Å². The van der Waals surface area contributed by atoms with Crippen LogP contribution in [-0.2, 0) is 7.05 Å². The lowest BCUT2D eigenvalue weighted by Crippen LogP contribution is -2.15. The number of aromatic nitrogens is 5. The number of ether oxygens (including phenoxy) is 1. The summed E-state index contributed by atoms with van der Waals surface area (Å²) in [6.07, 6.45) is 1.54. The Labute approximate surface area is 138 Å². The van der Waals surface area contributed by atoms with Crippen LogP contribution in [-0.4, -0.2) is 30.9 Å². The molecule has 0 aliphatic heterocycles. The van der Waals surface area contributed by atoms with E-state index in [-0.39, 0.29) is 17.6 Å². The zero-order valence-electron chi connectivity index (χ0n) is 13.5. The van der Waals surface area contributed by atoms with Gasteiger partial charge in [0, 0.05) is 7.05 Å². The van der Waals surface area contributed by atoms with Gasteiger partial charge >= 0.3 is 6.01 Å². The van der Waals surface area contributed by atoms with Gasteiger partial charge in [-0.05, 0) is 26.0 Å². The summed E-state index contributed by atoms with van der Waals surface area (Å²) in [5.74, 6) is 0.280. The molecule has 0 fully saturated rings. The molecule has 8 nitrogen and oxygen atoms in total. The Morgan fingerprint density at radius 2 is 1.79 bits per heavy atom. The fourth-order valence-electron chi connectivity index (χ4n) is 2.13. The van der Waals surface area contributed by atoms with E-state index in [4.69, 9.17) is 4.74 Å². The molecule has 8 heteroatoms. The highest BCUT2D eigenvalue weighted by molar-refractivity contribution is 6.03. The molecule has 1 N–H and O–H groups in total. The first-order chi connectivity index (χ1) is 11.5. The summed E-state index contributed by atoms with van der Waals surface area (Å²) in [5.41, 5.74) is 1.96. The van der Waals surface area contributed by atoms with Crippen LogP contribution in [0.25, 0.3) is 0 Å². The van der Waals surface area contributed by atoms with Crippen molar-refractivity contribution >= 4 is 11.6 Å². The quantitative estimate of drug-likeness (QED) is 0.791. The third kappa shape index (κ3) is 3.37. The van der Waals surface area contributed by atoms with E-state index in [1.807, 2.05) is 30.3 Å². The van der Waals surface area contributed by atoms with Gasteiger partial charge in [-0.2, -0.15) is 9.97 Å². The maximum Gasteiger partial charge on any atom is 0.322 e. The lowest BCUT2D eigenvalue weighted by Gasteiger charge is -2.11. The number of para-hydroxylation sites is 1. The van der Waals surface area contributed by atoms with E-state index in [1.54, 1.807) is 20.9 Å². The molecule has 1 amide bonds. The number of carbonyl (C=O) groups excluding carboxylic acids is 1. The number of amides is 1. The summed E-state index contributed by atoms with van der Waals surface area (Å²) < 4.78 is 7.09. The molecular weight excluding hydrogens is 308 g/mol. The highest BCUT2D eigenvalue weighted by Gasteiger charge is 2.16. The smallest absolute Gasteiger partial charge is 0.322 e. The third-order valence-electron chi connectivity index (χ3n) is 3.28. The molecule has 0 aliphatic carbocycles. The van der Waals surface area contributed by atoms with Gasteiger partial charge in [0.15, 0.2) is 5.69 Å². The summed E-state index contributed by atoms with van der Waals surface area (Å²) in [4.78, 5) is 20.8. The largest absolute Gasteiger partial charge is 0.424 e. The molecule has 0 saturated heterocycles. The van der Waals surface area contributed by atoms with Gasteiger partial charge in [0.1, 0.15) is 5.75 Å². The summed E-state index contributed by atoms with van der Waals surface area (Å²) in [6.45, 7) is 3.55. The minimum absolute atomic E-state index is 0.223. The maximum atomic E-state index is 12.2. The standard InChI is InChI=1S/C16H16N6O2/c1-10-14(19-15(23)13-9-22(3)21-20-13)11(2)18-16(17-10)24-12-7-5-4-6-8-12/h4-9H,1-3H3,(H,19,23). The molecular formula is C16H16N6O2. The summed E-state index contributed by atoms with van der Waals surface area (Å²) in [5, 5.41) is 10.3. The predicted octanol–water partition coefficient (Wildman–Crippen LogP) is 2.27. The fraction of sp³-hybridized carbons (Fsp3) is 0.188. The number of nitrogens with zero attached hydrogens (tertiary/aromatic N) is 5. The van der Waals surface area contributed by atoms with Crippen LogP contribution in [0.2, 0.25) is 0 Å². The normalized spacial score (nSPS) is 10.5. The monoisotopic (exact) mass is 324 g/mol. The van der Waals surface area contributed by atoms with Crippen LogP contribution in [0.3, 0.4) is 0 Å². The highest BCUT2D eigenvalue weighted by Crippen LogP contribution is 2.23. The van der Waals surface area contributed by atoms with Crippen LogP contribution < -0.4 is 10.1 Å².